The largest absolute Gasteiger partial charge is 0.342 e. The molecule has 0 unspecified atom stereocenters. The number of likely N-dealkylation sites (N-methyl/N-ethyl adjacent to an activating group) is 2. The quantitative estimate of drug-likeness (QED) is 0.269. The van der Waals surface area contributed by atoms with Gasteiger partial charge in [0.2, 0.25) is 0 Å². The predicted octanol–water partition coefficient (Wildman–Crippen LogP) is 4.44. The molecule has 1 aromatic heterocycles. The van der Waals surface area contributed by atoms with Crippen molar-refractivity contribution in [3.8, 4) is 0 Å². The molecule has 158 valence electrons. The van der Waals surface area contributed by atoms with Crippen molar-refractivity contribution in [3.63, 3.8) is 0 Å². The Labute approximate surface area is 191 Å². The molecule has 2 amide bonds. The average Bonchev–Trinajstić information content (AvgIpc) is 3.17. The molecule has 3 aromatic carbocycles. The number of amides is 2. The molecular weight excluding hydrogens is 418 g/mol. The minimum absolute atomic E-state index is 0.108. The van der Waals surface area contributed by atoms with Gasteiger partial charge in [0.25, 0.3) is 11.8 Å². The highest BCUT2D eigenvalue weighted by atomic mass is 32.1. The molecule has 1 aliphatic heterocycles. The lowest BCUT2D eigenvalue weighted by atomic mass is 10.0. The predicted molar refractivity (Wildman–Crippen MR) is 131 cm³/mol. The van der Waals surface area contributed by atoms with Crippen LogP contribution in [0.2, 0.25) is 0 Å². The second-order valence-electron chi connectivity index (χ2n) is 7.94. The van der Waals surface area contributed by atoms with E-state index in [4.69, 9.17) is 12.2 Å². The van der Waals surface area contributed by atoms with Gasteiger partial charge in [-0.1, -0.05) is 60.7 Å². The molecule has 0 bridgehead atoms. The van der Waals surface area contributed by atoms with Crippen LogP contribution >= 0.6 is 12.2 Å². The summed E-state index contributed by atoms with van der Waals surface area (Å²) in [5.74, 6) is -0.770. The van der Waals surface area contributed by atoms with Gasteiger partial charge in [-0.15, -0.1) is 0 Å². The number of hydrogen-bond donors (Lipinski definition) is 0. The number of aromatic nitrogens is 1. The lowest BCUT2D eigenvalue weighted by Gasteiger charge is -2.31. The highest BCUT2D eigenvalue weighted by Crippen LogP contribution is 2.28. The summed E-state index contributed by atoms with van der Waals surface area (Å²) in [5, 5.41) is 3.60. The lowest BCUT2D eigenvalue weighted by Crippen LogP contribution is -2.52. The highest BCUT2D eigenvalue weighted by molar-refractivity contribution is 7.80. The number of benzene rings is 3. The molecule has 32 heavy (non-hydrogen) atoms. The van der Waals surface area contributed by atoms with Crippen LogP contribution in [0.1, 0.15) is 11.1 Å². The molecule has 1 fully saturated rings. The molecule has 0 aliphatic carbocycles. The van der Waals surface area contributed by atoms with Crippen molar-refractivity contribution < 1.29 is 9.59 Å². The van der Waals surface area contributed by atoms with Gasteiger partial charge >= 0.3 is 0 Å². The molecule has 2 heterocycles. The minimum Gasteiger partial charge on any atom is -0.342 e. The molecule has 5 rings (SSSR count). The van der Waals surface area contributed by atoms with Crippen molar-refractivity contribution in [2.45, 2.75) is 6.54 Å². The Hall–Kier alpha value is -3.77. The summed E-state index contributed by atoms with van der Waals surface area (Å²) < 4.78 is 2.17. The van der Waals surface area contributed by atoms with E-state index < -0.39 is 0 Å². The van der Waals surface area contributed by atoms with E-state index in [-0.39, 0.29) is 22.5 Å². The Kier molecular flexibility index (Phi) is 4.87. The molecule has 0 N–H and O–H groups in total. The first kappa shape index (κ1) is 20.2. The number of carbonyl (C=O) groups is 2. The Balaban J connectivity index is 1.62. The first-order valence-electron chi connectivity index (χ1n) is 10.3. The van der Waals surface area contributed by atoms with E-state index in [1.807, 2.05) is 36.5 Å². The van der Waals surface area contributed by atoms with Gasteiger partial charge in [0.1, 0.15) is 5.57 Å². The molecule has 6 heteroatoms. The van der Waals surface area contributed by atoms with E-state index in [1.54, 1.807) is 20.2 Å². The van der Waals surface area contributed by atoms with E-state index in [1.165, 1.54) is 26.1 Å². The van der Waals surface area contributed by atoms with Crippen molar-refractivity contribution in [1.82, 2.24) is 14.4 Å². The van der Waals surface area contributed by atoms with Gasteiger partial charge in [-0.2, -0.15) is 0 Å². The Morgan fingerprint density at radius 2 is 1.44 bits per heavy atom. The maximum atomic E-state index is 12.8. The molecular formula is C26H21N3O2S. The Morgan fingerprint density at radius 1 is 0.812 bits per heavy atom. The second-order valence-corrected chi connectivity index (χ2v) is 8.30. The Bertz CT molecular complexity index is 1420. The Morgan fingerprint density at radius 3 is 2.19 bits per heavy atom. The van der Waals surface area contributed by atoms with Crippen molar-refractivity contribution in [2.75, 3.05) is 14.1 Å². The number of para-hydroxylation sites is 1. The van der Waals surface area contributed by atoms with Gasteiger partial charge in [-0.3, -0.25) is 19.4 Å². The van der Waals surface area contributed by atoms with Gasteiger partial charge in [0.15, 0.2) is 5.11 Å². The standard InChI is InChI=1S/C26H21N3O2S/c1-27-24(30)22(25(31)28(2)26(27)32)14-19-16-29(23-13-6-5-12-21(19)23)15-18-10-7-9-17-8-3-4-11-20(17)18/h3-14,16H,15H2,1-2H3. The summed E-state index contributed by atoms with van der Waals surface area (Å²) >= 11 is 5.19. The zero-order chi connectivity index (χ0) is 22.4. The van der Waals surface area contributed by atoms with Gasteiger partial charge < -0.3 is 4.57 Å². The zero-order valence-corrected chi connectivity index (χ0v) is 18.6. The molecule has 0 atom stereocenters. The molecule has 0 spiro atoms. The van der Waals surface area contributed by atoms with Crippen molar-refractivity contribution in [3.05, 3.63) is 89.6 Å². The molecule has 0 saturated carbocycles. The van der Waals surface area contributed by atoms with Crippen LogP contribution in [-0.2, 0) is 16.1 Å². The van der Waals surface area contributed by atoms with Crippen LogP contribution in [0.15, 0.2) is 78.5 Å². The second kappa shape index (κ2) is 7.73. The lowest BCUT2D eigenvalue weighted by molar-refractivity contribution is -0.132. The summed E-state index contributed by atoms with van der Waals surface area (Å²) in [7, 11) is 3.18. The van der Waals surface area contributed by atoms with Crippen LogP contribution in [0.3, 0.4) is 0 Å². The first-order valence-corrected chi connectivity index (χ1v) is 10.7. The van der Waals surface area contributed by atoms with Crippen LogP contribution in [0.4, 0.5) is 0 Å². The number of carbonyl (C=O) groups excluding carboxylic acids is 2. The summed E-state index contributed by atoms with van der Waals surface area (Å²) in [5.41, 5.74) is 3.18. The summed E-state index contributed by atoms with van der Waals surface area (Å²) in [4.78, 5) is 28.2. The highest BCUT2D eigenvalue weighted by Gasteiger charge is 2.35. The SMILES string of the molecule is CN1C(=O)C(=Cc2cn(Cc3cccc4ccccc34)c3ccccc23)C(=O)N(C)C1=S. The number of rotatable bonds is 3. The van der Waals surface area contributed by atoms with Crippen molar-refractivity contribution in [1.29, 1.82) is 0 Å². The third-order valence-electron chi connectivity index (χ3n) is 5.98. The van der Waals surface area contributed by atoms with Gasteiger partial charge in [-0.05, 0) is 40.7 Å². The van der Waals surface area contributed by atoms with E-state index in [0.717, 1.165) is 16.5 Å². The summed E-state index contributed by atoms with van der Waals surface area (Å²) in [6.07, 6.45) is 3.69. The fraction of sp³-hybridized carbons (Fsp3) is 0.115. The van der Waals surface area contributed by atoms with Crippen LogP contribution in [0.5, 0.6) is 0 Å². The van der Waals surface area contributed by atoms with Crippen LogP contribution in [-0.4, -0.2) is 45.4 Å². The molecule has 0 radical (unpaired) electrons. The summed E-state index contributed by atoms with van der Waals surface area (Å²) in [6, 6.07) is 22.7. The third kappa shape index (κ3) is 3.20. The van der Waals surface area contributed by atoms with Crippen LogP contribution in [0.25, 0.3) is 27.8 Å². The van der Waals surface area contributed by atoms with Crippen molar-refractivity contribution in [2.24, 2.45) is 0 Å². The van der Waals surface area contributed by atoms with Crippen LogP contribution < -0.4 is 0 Å². The van der Waals surface area contributed by atoms with E-state index in [9.17, 15) is 9.59 Å². The van der Waals surface area contributed by atoms with E-state index in [0.29, 0.717) is 6.54 Å². The van der Waals surface area contributed by atoms with Crippen LogP contribution in [0, 0.1) is 0 Å². The average molecular weight is 440 g/mol. The number of fused-ring (bicyclic) bond motifs is 2. The summed E-state index contributed by atoms with van der Waals surface area (Å²) in [6.45, 7) is 0.677. The molecule has 1 saturated heterocycles. The van der Waals surface area contributed by atoms with Gasteiger partial charge in [0.05, 0.1) is 0 Å². The molecule has 4 aromatic rings. The van der Waals surface area contributed by atoms with Crippen molar-refractivity contribution >= 4 is 56.9 Å². The van der Waals surface area contributed by atoms with Gasteiger partial charge in [-0.25, -0.2) is 0 Å². The fourth-order valence-corrected chi connectivity index (χ4v) is 4.43. The number of nitrogens with zero attached hydrogens (tertiary/aromatic N) is 3. The topological polar surface area (TPSA) is 45.6 Å². The third-order valence-corrected chi connectivity index (χ3v) is 6.53. The fourth-order valence-electron chi connectivity index (χ4n) is 4.27. The maximum absolute atomic E-state index is 12.8. The number of thiocarbonyl (C=S) groups is 1. The molecule has 5 nitrogen and oxygen atoms in total. The molecule has 1 aliphatic rings. The smallest absolute Gasteiger partial charge is 0.265 e. The normalized spacial score (nSPS) is 14.7. The van der Waals surface area contributed by atoms with E-state index in [2.05, 4.69) is 41.0 Å². The number of hydrogen-bond acceptors (Lipinski definition) is 3. The first-order chi connectivity index (χ1) is 15.5. The van der Waals surface area contributed by atoms with E-state index >= 15 is 0 Å². The maximum Gasteiger partial charge on any atom is 0.265 e. The zero-order valence-electron chi connectivity index (χ0n) is 17.8. The minimum atomic E-state index is -0.385. The monoisotopic (exact) mass is 439 g/mol. The van der Waals surface area contributed by atoms with Gasteiger partial charge in [0, 0.05) is 43.3 Å².